The average Bonchev–Trinajstić information content (AvgIpc) is 2.26. The van der Waals surface area contributed by atoms with Gasteiger partial charge in [-0.2, -0.15) is 0 Å². The summed E-state index contributed by atoms with van der Waals surface area (Å²) in [7, 11) is 3.56. The number of Topliss-reactive ketones (excluding diaryl/α,β-unsaturated/α-hetero) is 1. The second-order valence-electron chi connectivity index (χ2n) is 4.76. The third kappa shape index (κ3) is 3.93. The predicted molar refractivity (Wildman–Crippen MR) is 63.2 cm³/mol. The molecule has 4 heteroatoms. The summed E-state index contributed by atoms with van der Waals surface area (Å²) in [4.78, 5) is 26.5. The highest BCUT2D eigenvalue weighted by molar-refractivity contribution is 5.78. The molecular weight excluding hydrogens is 204 g/mol. The summed E-state index contributed by atoms with van der Waals surface area (Å²) < 4.78 is 0. The molecular formula is C12H22N2O2. The summed E-state index contributed by atoms with van der Waals surface area (Å²) in [5.41, 5.74) is 0. The van der Waals surface area contributed by atoms with Gasteiger partial charge in [-0.1, -0.05) is 0 Å². The fourth-order valence-electron chi connectivity index (χ4n) is 2.04. The van der Waals surface area contributed by atoms with Gasteiger partial charge in [0.05, 0.1) is 0 Å². The maximum atomic E-state index is 11.4. The Bertz CT molecular complexity index is 256. The summed E-state index contributed by atoms with van der Waals surface area (Å²) >= 11 is 0. The van der Waals surface area contributed by atoms with E-state index in [1.807, 2.05) is 0 Å². The molecule has 0 radical (unpaired) electrons. The highest BCUT2D eigenvalue weighted by Crippen LogP contribution is 2.17. The molecule has 0 aliphatic carbocycles. The van der Waals surface area contributed by atoms with Gasteiger partial charge in [0, 0.05) is 33.0 Å². The number of piperidine rings is 1. The van der Waals surface area contributed by atoms with Crippen LogP contribution in [-0.4, -0.2) is 55.2 Å². The molecule has 1 saturated heterocycles. The maximum Gasteiger partial charge on any atom is 0.223 e. The fraction of sp³-hybridized carbons (Fsp3) is 0.833. The minimum atomic E-state index is 0.175. The second kappa shape index (κ2) is 5.99. The van der Waals surface area contributed by atoms with Crippen LogP contribution in [0.1, 0.15) is 26.2 Å². The quantitative estimate of drug-likeness (QED) is 0.711. The summed E-state index contributed by atoms with van der Waals surface area (Å²) in [5, 5.41) is 0. The van der Waals surface area contributed by atoms with E-state index < -0.39 is 0 Å². The van der Waals surface area contributed by atoms with Crippen LogP contribution in [0.3, 0.4) is 0 Å². The standard InChI is InChI=1S/C12H22N2O2/c1-10(15)11-4-7-14(8-5-11)9-6-12(16)13(2)3/h11H,4-9H2,1-3H3. The molecule has 1 fully saturated rings. The Hall–Kier alpha value is -0.900. The Morgan fingerprint density at radius 3 is 2.25 bits per heavy atom. The van der Waals surface area contributed by atoms with Crippen LogP contribution in [0.5, 0.6) is 0 Å². The lowest BCUT2D eigenvalue weighted by Gasteiger charge is -2.30. The van der Waals surface area contributed by atoms with E-state index in [9.17, 15) is 9.59 Å². The Kier molecular flexibility index (Phi) is 4.93. The molecule has 1 heterocycles. The van der Waals surface area contributed by atoms with Crippen LogP contribution in [0, 0.1) is 5.92 Å². The largest absolute Gasteiger partial charge is 0.349 e. The molecule has 0 aromatic heterocycles. The van der Waals surface area contributed by atoms with Gasteiger partial charge in [0.1, 0.15) is 5.78 Å². The first-order valence-corrected chi connectivity index (χ1v) is 5.93. The van der Waals surface area contributed by atoms with Crippen molar-refractivity contribution in [3.63, 3.8) is 0 Å². The van der Waals surface area contributed by atoms with Crippen molar-refractivity contribution in [2.45, 2.75) is 26.2 Å². The zero-order valence-electron chi connectivity index (χ0n) is 10.5. The monoisotopic (exact) mass is 226 g/mol. The Morgan fingerprint density at radius 1 is 1.25 bits per heavy atom. The maximum absolute atomic E-state index is 11.4. The molecule has 0 N–H and O–H groups in total. The van der Waals surface area contributed by atoms with E-state index >= 15 is 0 Å². The molecule has 1 rings (SSSR count). The van der Waals surface area contributed by atoms with Gasteiger partial charge in [-0.25, -0.2) is 0 Å². The predicted octanol–water partition coefficient (Wildman–Crippen LogP) is 0.766. The van der Waals surface area contributed by atoms with Crippen LogP contribution in [0.2, 0.25) is 0 Å². The van der Waals surface area contributed by atoms with E-state index in [4.69, 9.17) is 0 Å². The number of carbonyl (C=O) groups is 2. The second-order valence-corrected chi connectivity index (χ2v) is 4.76. The van der Waals surface area contributed by atoms with Gasteiger partial charge in [-0.15, -0.1) is 0 Å². The molecule has 4 nitrogen and oxygen atoms in total. The third-order valence-electron chi connectivity index (χ3n) is 3.30. The Balaban J connectivity index is 2.22. The molecule has 0 unspecified atom stereocenters. The lowest BCUT2D eigenvalue weighted by molar-refractivity contribution is -0.129. The number of likely N-dealkylation sites (tertiary alicyclic amines) is 1. The summed E-state index contributed by atoms with van der Waals surface area (Å²) in [6.45, 7) is 4.40. The number of hydrogen-bond donors (Lipinski definition) is 0. The SMILES string of the molecule is CC(=O)C1CCN(CCC(=O)N(C)C)CC1. The lowest BCUT2D eigenvalue weighted by atomic mass is 9.93. The molecule has 1 aliphatic rings. The molecule has 0 aromatic rings. The van der Waals surface area contributed by atoms with Gasteiger partial charge >= 0.3 is 0 Å². The first kappa shape index (κ1) is 13.2. The topological polar surface area (TPSA) is 40.6 Å². The van der Waals surface area contributed by atoms with Crippen LogP contribution in [0.25, 0.3) is 0 Å². The van der Waals surface area contributed by atoms with Crippen molar-refractivity contribution in [3.05, 3.63) is 0 Å². The summed E-state index contributed by atoms with van der Waals surface area (Å²) in [6.07, 6.45) is 2.48. The van der Waals surface area contributed by atoms with E-state index in [1.54, 1.807) is 25.9 Å². The smallest absolute Gasteiger partial charge is 0.223 e. The fourth-order valence-corrected chi connectivity index (χ4v) is 2.04. The number of carbonyl (C=O) groups excluding carboxylic acids is 2. The van der Waals surface area contributed by atoms with Gasteiger partial charge in [0.15, 0.2) is 0 Å². The zero-order valence-corrected chi connectivity index (χ0v) is 10.5. The average molecular weight is 226 g/mol. The molecule has 0 bridgehead atoms. The van der Waals surface area contributed by atoms with E-state index in [0.29, 0.717) is 12.2 Å². The normalized spacial score (nSPS) is 18.4. The molecule has 0 atom stereocenters. The van der Waals surface area contributed by atoms with Gasteiger partial charge in [0.2, 0.25) is 5.91 Å². The van der Waals surface area contributed by atoms with Gasteiger partial charge in [-0.3, -0.25) is 9.59 Å². The van der Waals surface area contributed by atoms with Crippen LogP contribution in [0.4, 0.5) is 0 Å². The molecule has 1 aliphatic heterocycles. The molecule has 92 valence electrons. The van der Waals surface area contributed by atoms with E-state index in [0.717, 1.165) is 32.5 Å². The van der Waals surface area contributed by atoms with Crippen molar-refractivity contribution in [2.24, 2.45) is 5.92 Å². The van der Waals surface area contributed by atoms with E-state index in [1.165, 1.54) is 0 Å². The van der Waals surface area contributed by atoms with Crippen LogP contribution >= 0.6 is 0 Å². The highest BCUT2D eigenvalue weighted by atomic mass is 16.2. The highest BCUT2D eigenvalue weighted by Gasteiger charge is 2.22. The number of rotatable bonds is 4. The Labute approximate surface area is 97.6 Å². The van der Waals surface area contributed by atoms with Crippen molar-refractivity contribution in [3.8, 4) is 0 Å². The molecule has 1 amide bonds. The van der Waals surface area contributed by atoms with Gasteiger partial charge in [-0.05, 0) is 32.9 Å². The van der Waals surface area contributed by atoms with Crippen LogP contribution < -0.4 is 0 Å². The van der Waals surface area contributed by atoms with Crippen molar-refractivity contribution in [1.29, 1.82) is 0 Å². The molecule has 16 heavy (non-hydrogen) atoms. The van der Waals surface area contributed by atoms with Crippen LogP contribution in [0.15, 0.2) is 0 Å². The first-order valence-electron chi connectivity index (χ1n) is 5.93. The minimum absolute atomic E-state index is 0.175. The number of hydrogen-bond acceptors (Lipinski definition) is 3. The summed E-state index contributed by atoms with van der Waals surface area (Å²) in [5.74, 6) is 0.735. The number of amides is 1. The lowest BCUT2D eigenvalue weighted by Crippen LogP contribution is -2.38. The van der Waals surface area contributed by atoms with E-state index in [2.05, 4.69) is 4.90 Å². The minimum Gasteiger partial charge on any atom is -0.349 e. The van der Waals surface area contributed by atoms with Crippen molar-refractivity contribution in [2.75, 3.05) is 33.7 Å². The number of nitrogens with zero attached hydrogens (tertiary/aromatic N) is 2. The van der Waals surface area contributed by atoms with Gasteiger partial charge < -0.3 is 9.80 Å². The zero-order chi connectivity index (χ0) is 12.1. The molecule has 0 aromatic carbocycles. The number of ketones is 1. The van der Waals surface area contributed by atoms with Gasteiger partial charge in [0.25, 0.3) is 0 Å². The van der Waals surface area contributed by atoms with Crippen molar-refractivity contribution in [1.82, 2.24) is 9.80 Å². The molecule has 0 saturated carbocycles. The third-order valence-corrected chi connectivity index (χ3v) is 3.30. The van der Waals surface area contributed by atoms with Crippen LogP contribution in [-0.2, 0) is 9.59 Å². The van der Waals surface area contributed by atoms with Crippen molar-refractivity contribution < 1.29 is 9.59 Å². The Morgan fingerprint density at radius 2 is 1.81 bits per heavy atom. The van der Waals surface area contributed by atoms with Crippen molar-refractivity contribution >= 4 is 11.7 Å². The summed E-state index contributed by atoms with van der Waals surface area (Å²) in [6, 6.07) is 0. The van der Waals surface area contributed by atoms with E-state index in [-0.39, 0.29) is 11.8 Å². The molecule has 0 spiro atoms. The first-order chi connectivity index (χ1) is 7.50.